The predicted molar refractivity (Wildman–Crippen MR) is 47.7 cm³/mol. The van der Waals surface area contributed by atoms with Crippen molar-refractivity contribution in [2.24, 2.45) is 10.8 Å². The Labute approximate surface area is 70.9 Å². The topological polar surface area (TPSA) is 9.23 Å². The van der Waals surface area contributed by atoms with Crippen molar-refractivity contribution in [2.75, 3.05) is 0 Å². The summed E-state index contributed by atoms with van der Waals surface area (Å²) in [4.78, 5) is 0. The Morgan fingerprint density at radius 3 is 1.64 bits per heavy atom. The first kappa shape index (κ1) is 9.12. The summed E-state index contributed by atoms with van der Waals surface area (Å²) < 4.78 is 5.57. The van der Waals surface area contributed by atoms with Gasteiger partial charge in [0.1, 0.15) is 7.85 Å². The third-order valence-corrected chi connectivity index (χ3v) is 3.74. The zero-order chi connectivity index (χ0) is 8.86. The van der Waals surface area contributed by atoms with Crippen molar-refractivity contribution in [1.82, 2.24) is 0 Å². The standard InChI is InChI=1S/C9H17BO/c1-6-8(2,3)9(4,5)7(10)11-6/h6-7H,1-5H3/t6-,7+/m0/s1. The maximum atomic E-state index is 5.86. The summed E-state index contributed by atoms with van der Waals surface area (Å²) in [5.41, 5.74) is 0.249. The van der Waals surface area contributed by atoms with Crippen LogP contribution < -0.4 is 0 Å². The van der Waals surface area contributed by atoms with Crippen LogP contribution in [0.3, 0.4) is 0 Å². The summed E-state index contributed by atoms with van der Waals surface area (Å²) in [5.74, 6) is 0. The average Bonchev–Trinajstić information content (AvgIpc) is 1.95. The van der Waals surface area contributed by atoms with E-state index in [4.69, 9.17) is 12.6 Å². The lowest BCUT2D eigenvalue weighted by atomic mass is 9.61. The van der Waals surface area contributed by atoms with Crippen LogP contribution in [0.1, 0.15) is 34.6 Å². The van der Waals surface area contributed by atoms with Crippen molar-refractivity contribution < 1.29 is 4.74 Å². The SMILES string of the molecule is [B][C@@H]1O[C@@H](C)C(C)(C)C1(C)C. The van der Waals surface area contributed by atoms with Crippen LogP contribution in [0.4, 0.5) is 0 Å². The molecule has 0 aliphatic carbocycles. The minimum atomic E-state index is -0.118. The maximum Gasteiger partial charge on any atom is 0.109 e. The summed E-state index contributed by atoms with van der Waals surface area (Å²) in [5, 5.41) is 0. The van der Waals surface area contributed by atoms with Crippen LogP contribution in [-0.2, 0) is 4.74 Å². The minimum absolute atomic E-state index is 0.0758. The summed E-state index contributed by atoms with van der Waals surface area (Å²) in [6.45, 7) is 10.9. The van der Waals surface area contributed by atoms with Crippen LogP contribution in [0.15, 0.2) is 0 Å². The molecule has 0 unspecified atom stereocenters. The van der Waals surface area contributed by atoms with E-state index in [-0.39, 0.29) is 22.9 Å². The Hall–Kier alpha value is 0.0249. The second-order valence-corrected chi connectivity index (χ2v) is 4.64. The van der Waals surface area contributed by atoms with E-state index in [2.05, 4.69) is 34.6 Å². The van der Waals surface area contributed by atoms with Gasteiger partial charge in [0.2, 0.25) is 0 Å². The first-order chi connectivity index (χ1) is 4.80. The van der Waals surface area contributed by atoms with Gasteiger partial charge in [0.05, 0.1) is 6.10 Å². The lowest BCUT2D eigenvalue weighted by molar-refractivity contribution is 0.0643. The molecule has 1 rings (SSSR count). The van der Waals surface area contributed by atoms with Gasteiger partial charge >= 0.3 is 0 Å². The van der Waals surface area contributed by atoms with E-state index in [1.54, 1.807) is 0 Å². The number of hydrogen-bond donors (Lipinski definition) is 0. The summed E-state index contributed by atoms with van der Waals surface area (Å²) in [7, 11) is 5.86. The summed E-state index contributed by atoms with van der Waals surface area (Å²) >= 11 is 0. The lowest BCUT2D eigenvalue weighted by Gasteiger charge is -2.37. The molecule has 11 heavy (non-hydrogen) atoms. The van der Waals surface area contributed by atoms with Crippen molar-refractivity contribution in [3.8, 4) is 0 Å². The Bertz CT molecular complexity index is 145. The zero-order valence-electron chi connectivity index (χ0n) is 8.14. The molecule has 2 atom stereocenters. The molecule has 0 aromatic carbocycles. The minimum Gasteiger partial charge on any atom is -0.384 e. The van der Waals surface area contributed by atoms with Gasteiger partial charge in [-0.15, -0.1) is 0 Å². The highest BCUT2D eigenvalue weighted by Gasteiger charge is 2.51. The summed E-state index contributed by atoms with van der Waals surface area (Å²) in [6.07, 6.45) is 0.257. The second kappa shape index (κ2) is 2.26. The van der Waals surface area contributed by atoms with Crippen LogP contribution in [0.25, 0.3) is 0 Å². The van der Waals surface area contributed by atoms with Crippen LogP contribution in [0.5, 0.6) is 0 Å². The molecular formula is C9H17BO. The molecule has 1 heterocycles. The van der Waals surface area contributed by atoms with Gasteiger partial charge in [-0.05, 0) is 17.8 Å². The Kier molecular flexibility index (Phi) is 1.87. The molecule has 1 aliphatic rings. The van der Waals surface area contributed by atoms with E-state index < -0.39 is 0 Å². The monoisotopic (exact) mass is 152 g/mol. The van der Waals surface area contributed by atoms with Crippen LogP contribution in [-0.4, -0.2) is 20.0 Å². The molecule has 0 amide bonds. The van der Waals surface area contributed by atoms with Crippen LogP contribution in [0, 0.1) is 10.8 Å². The molecule has 0 N–H and O–H groups in total. The first-order valence-corrected chi connectivity index (χ1v) is 4.21. The van der Waals surface area contributed by atoms with E-state index in [1.165, 1.54) is 0 Å². The van der Waals surface area contributed by atoms with Gasteiger partial charge < -0.3 is 4.74 Å². The fourth-order valence-corrected chi connectivity index (χ4v) is 1.45. The smallest absolute Gasteiger partial charge is 0.109 e. The molecule has 0 bridgehead atoms. The van der Waals surface area contributed by atoms with Crippen molar-refractivity contribution in [3.05, 3.63) is 0 Å². The normalized spacial score (nSPS) is 40.8. The van der Waals surface area contributed by atoms with Crippen molar-refractivity contribution in [3.63, 3.8) is 0 Å². The largest absolute Gasteiger partial charge is 0.384 e. The van der Waals surface area contributed by atoms with Gasteiger partial charge in [0.15, 0.2) is 0 Å². The number of hydrogen-bond acceptors (Lipinski definition) is 1. The average molecular weight is 152 g/mol. The van der Waals surface area contributed by atoms with Crippen LogP contribution >= 0.6 is 0 Å². The molecule has 62 valence electrons. The number of rotatable bonds is 0. The van der Waals surface area contributed by atoms with E-state index in [0.29, 0.717) is 0 Å². The van der Waals surface area contributed by atoms with Crippen LogP contribution in [0.2, 0.25) is 0 Å². The highest BCUT2D eigenvalue weighted by molar-refractivity contribution is 6.11. The van der Waals surface area contributed by atoms with Gasteiger partial charge in [0.25, 0.3) is 0 Å². The highest BCUT2D eigenvalue weighted by Crippen LogP contribution is 2.50. The van der Waals surface area contributed by atoms with Gasteiger partial charge in [-0.2, -0.15) is 0 Å². The summed E-state index contributed by atoms with van der Waals surface area (Å²) in [6, 6.07) is -0.118. The first-order valence-electron chi connectivity index (χ1n) is 4.21. The fourth-order valence-electron chi connectivity index (χ4n) is 1.45. The lowest BCUT2D eigenvalue weighted by Crippen LogP contribution is -2.37. The van der Waals surface area contributed by atoms with E-state index in [1.807, 2.05) is 0 Å². The molecule has 0 aromatic rings. The van der Waals surface area contributed by atoms with E-state index in [9.17, 15) is 0 Å². The molecule has 1 saturated heterocycles. The van der Waals surface area contributed by atoms with Crippen molar-refractivity contribution >= 4 is 7.85 Å². The fraction of sp³-hybridized carbons (Fsp3) is 1.00. The third-order valence-electron chi connectivity index (χ3n) is 3.74. The second-order valence-electron chi connectivity index (χ2n) is 4.64. The van der Waals surface area contributed by atoms with Gasteiger partial charge in [0, 0.05) is 6.00 Å². The molecule has 1 aliphatic heterocycles. The predicted octanol–water partition coefficient (Wildman–Crippen LogP) is 1.95. The Morgan fingerprint density at radius 1 is 1.09 bits per heavy atom. The van der Waals surface area contributed by atoms with Crippen molar-refractivity contribution in [2.45, 2.75) is 46.7 Å². The highest BCUT2D eigenvalue weighted by atomic mass is 16.5. The molecule has 1 fully saturated rings. The van der Waals surface area contributed by atoms with Crippen molar-refractivity contribution in [1.29, 1.82) is 0 Å². The quantitative estimate of drug-likeness (QED) is 0.482. The molecular weight excluding hydrogens is 135 g/mol. The number of ether oxygens (including phenoxy) is 1. The third kappa shape index (κ3) is 1.03. The Morgan fingerprint density at radius 2 is 1.55 bits per heavy atom. The molecule has 0 spiro atoms. The van der Waals surface area contributed by atoms with E-state index >= 15 is 0 Å². The maximum absolute atomic E-state index is 5.86. The molecule has 0 aromatic heterocycles. The van der Waals surface area contributed by atoms with Gasteiger partial charge in [-0.1, -0.05) is 27.7 Å². The molecule has 2 heteroatoms. The molecule has 0 saturated carbocycles. The van der Waals surface area contributed by atoms with Gasteiger partial charge in [-0.3, -0.25) is 0 Å². The van der Waals surface area contributed by atoms with Gasteiger partial charge in [-0.25, -0.2) is 0 Å². The Balaban J connectivity index is 2.95. The zero-order valence-corrected chi connectivity index (χ0v) is 8.14. The molecule has 1 nitrogen and oxygen atoms in total. The molecule has 2 radical (unpaired) electrons. The van der Waals surface area contributed by atoms with E-state index in [0.717, 1.165) is 0 Å².